The Bertz CT molecular complexity index is 464. The fourth-order valence-corrected chi connectivity index (χ4v) is 2.47. The van der Waals surface area contributed by atoms with E-state index in [9.17, 15) is 4.79 Å². The Hall–Kier alpha value is -1.77. The Morgan fingerprint density at radius 1 is 1.35 bits per heavy atom. The first-order valence-electron chi connectivity index (χ1n) is 7.39. The molecule has 1 aliphatic carbocycles. The van der Waals surface area contributed by atoms with Crippen LogP contribution >= 0.6 is 0 Å². The van der Waals surface area contributed by atoms with Crippen LogP contribution in [0.4, 0.5) is 0 Å². The zero-order chi connectivity index (χ0) is 14.4. The van der Waals surface area contributed by atoms with Crippen molar-refractivity contribution < 1.29 is 9.53 Å². The van der Waals surface area contributed by atoms with Gasteiger partial charge in [-0.25, -0.2) is 0 Å². The Labute approximate surface area is 121 Å². The molecule has 0 fully saturated rings. The maximum absolute atomic E-state index is 12.2. The van der Waals surface area contributed by atoms with Crippen LogP contribution in [0, 0.1) is 5.92 Å². The lowest BCUT2D eigenvalue weighted by molar-refractivity contribution is -0.125. The van der Waals surface area contributed by atoms with E-state index in [2.05, 4.69) is 17.5 Å². The zero-order valence-electron chi connectivity index (χ0n) is 12.3. The molecule has 0 aliphatic heterocycles. The quantitative estimate of drug-likeness (QED) is 0.832. The molecule has 2 atom stereocenters. The summed E-state index contributed by atoms with van der Waals surface area (Å²) in [5.41, 5.74) is 1.10. The molecule has 0 radical (unpaired) electrons. The number of allylic oxidation sites excluding steroid dienone is 2. The van der Waals surface area contributed by atoms with Crippen molar-refractivity contribution in [2.24, 2.45) is 5.92 Å². The molecular formula is C17H23NO2. The van der Waals surface area contributed by atoms with Crippen molar-refractivity contribution in [3.05, 3.63) is 42.0 Å². The normalized spacial score (nSPS) is 19.4. The molecule has 1 aromatic rings. The molecule has 1 aliphatic rings. The molecule has 3 nitrogen and oxygen atoms in total. The van der Waals surface area contributed by atoms with Crippen LogP contribution in [0.5, 0.6) is 5.75 Å². The molecule has 1 amide bonds. The predicted octanol–water partition coefficient (Wildman–Crippen LogP) is 3.62. The number of rotatable bonds is 5. The summed E-state index contributed by atoms with van der Waals surface area (Å²) in [4.78, 5) is 12.2. The molecule has 2 rings (SSSR count). The summed E-state index contributed by atoms with van der Waals surface area (Å²) in [6.07, 6.45) is 7.09. The molecule has 0 bridgehead atoms. The first kappa shape index (κ1) is 14.6. The summed E-state index contributed by atoms with van der Waals surface area (Å²) < 4.78 is 5.42. The third-order valence-electron chi connectivity index (χ3n) is 3.69. The zero-order valence-corrected chi connectivity index (χ0v) is 12.3. The highest BCUT2D eigenvalue weighted by atomic mass is 16.5. The number of hydrogen-bond donors (Lipinski definition) is 1. The summed E-state index contributed by atoms with van der Waals surface area (Å²) in [6.45, 7) is 4.66. The van der Waals surface area contributed by atoms with Crippen LogP contribution in [0.15, 0.2) is 36.4 Å². The van der Waals surface area contributed by atoms with Crippen LogP contribution in [0.25, 0.3) is 0 Å². The van der Waals surface area contributed by atoms with E-state index in [1.165, 1.54) is 0 Å². The van der Waals surface area contributed by atoms with Crippen LogP contribution in [0.2, 0.25) is 0 Å². The molecule has 0 saturated heterocycles. The van der Waals surface area contributed by atoms with Gasteiger partial charge in [0.1, 0.15) is 5.75 Å². The third-order valence-corrected chi connectivity index (χ3v) is 3.69. The molecule has 3 heteroatoms. The van der Waals surface area contributed by atoms with Crippen molar-refractivity contribution in [2.75, 3.05) is 6.61 Å². The largest absolute Gasteiger partial charge is 0.494 e. The van der Waals surface area contributed by atoms with Crippen molar-refractivity contribution in [3.63, 3.8) is 0 Å². The summed E-state index contributed by atoms with van der Waals surface area (Å²) >= 11 is 0. The minimum atomic E-state index is 0.0316. The van der Waals surface area contributed by atoms with Crippen molar-refractivity contribution in [1.29, 1.82) is 0 Å². The molecule has 2 unspecified atom stereocenters. The Morgan fingerprint density at radius 3 is 2.70 bits per heavy atom. The number of carbonyl (C=O) groups excluding carboxylic acids is 1. The minimum Gasteiger partial charge on any atom is -0.494 e. The van der Waals surface area contributed by atoms with Gasteiger partial charge in [-0.3, -0.25) is 4.79 Å². The summed E-state index contributed by atoms with van der Waals surface area (Å²) in [5, 5.41) is 3.10. The molecule has 0 spiro atoms. The van der Waals surface area contributed by atoms with E-state index in [-0.39, 0.29) is 17.9 Å². The molecular weight excluding hydrogens is 250 g/mol. The van der Waals surface area contributed by atoms with E-state index < -0.39 is 0 Å². The summed E-state index contributed by atoms with van der Waals surface area (Å²) in [6, 6.07) is 7.95. The van der Waals surface area contributed by atoms with Crippen LogP contribution in [0.3, 0.4) is 0 Å². The van der Waals surface area contributed by atoms with E-state index in [0.29, 0.717) is 6.61 Å². The smallest absolute Gasteiger partial charge is 0.223 e. The van der Waals surface area contributed by atoms with Gasteiger partial charge in [0.15, 0.2) is 0 Å². The van der Waals surface area contributed by atoms with Crippen LogP contribution in [-0.2, 0) is 4.79 Å². The maximum atomic E-state index is 12.2. The number of nitrogens with one attached hydrogen (secondary N) is 1. The lowest BCUT2D eigenvalue weighted by atomic mass is 9.93. The van der Waals surface area contributed by atoms with Gasteiger partial charge in [0.25, 0.3) is 0 Å². The van der Waals surface area contributed by atoms with Crippen molar-refractivity contribution >= 4 is 5.91 Å². The van der Waals surface area contributed by atoms with Crippen LogP contribution < -0.4 is 10.1 Å². The van der Waals surface area contributed by atoms with Gasteiger partial charge in [-0.05, 0) is 50.8 Å². The second-order valence-electron chi connectivity index (χ2n) is 5.21. The Kier molecular flexibility index (Phi) is 5.22. The van der Waals surface area contributed by atoms with Gasteiger partial charge in [-0.2, -0.15) is 0 Å². The highest BCUT2D eigenvalue weighted by Gasteiger charge is 2.20. The average molecular weight is 273 g/mol. The van der Waals surface area contributed by atoms with E-state index in [0.717, 1.165) is 30.6 Å². The number of carbonyl (C=O) groups is 1. The number of amides is 1. The van der Waals surface area contributed by atoms with Crippen LogP contribution in [0.1, 0.15) is 44.7 Å². The SMILES string of the molecule is CCOc1ccc(C(C)NC(=O)C2CC=CCC2)cc1. The lowest BCUT2D eigenvalue weighted by Crippen LogP contribution is -2.33. The standard InChI is InChI=1S/C17H23NO2/c1-3-20-16-11-9-14(10-12-16)13(2)18-17(19)15-7-5-4-6-8-15/h4-5,9-13,15H,3,6-8H2,1-2H3,(H,18,19). The molecule has 0 aromatic heterocycles. The highest BCUT2D eigenvalue weighted by Crippen LogP contribution is 2.21. The van der Waals surface area contributed by atoms with E-state index >= 15 is 0 Å². The van der Waals surface area contributed by atoms with Crippen molar-refractivity contribution in [3.8, 4) is 5.75 Å². The lowest BCUT2D eigenvalue weighted by Gasteiger charge is -2.21. The Balaban J connectivity index is 1.91. The molecule has 1 aromatic carbocycles. The number of benzene rings is 1. The minimum absolute atomic E-state index is 0.0316. The Morgan fingerprint density at radius 2 is 2.10 bits per heavy atom. The van der Waals surface area contributed by atoms with E-state index in [4.69, 9.17) is 4.74 Å². The van der Waals surface area contributed by atoms with Gasteiger partial charge < -0.3 is 10.1 Å². The first-order valence-corrected chi connectivity index (χ1v) is 7.39. The first-order chi connectivity index (χ1) is 9.70. The molecule has 0 saturated carbocycles. The number of ether oxygens (including phenoxy) is 1. The van der Waals surface area contributed by atoms with Gasteiger partial charge in [0, 0.05) is 5.92 Å². The maximum Gasteiger partial charge on any atom is 0.223 e. The van der Waals surface area contributed by atoms with Gasteiger partial charge in [0.05, 0.1) is 12.6 Å². The fourth-order valence-electron chi connectivity index (χ4n) is 2.47. The summed E-state index contributed by atoms with van der Waals surface area (Å²) in [7, 11) is 0. The van der Waals surface area contributed by atoms with Gasteiger partial charge in [-0.15, -0.1) is 0 Å². The topological polar surface area (TPSA) is 38.3 Å². The molecule has 1 N–H and O–H groups in total. The number of hydrogen-bond acceptors (Lipinski definition) is 2. The molecule has 108 valence electrons. The van der Waals surface area contributed by atoms with Crippen molar-refractivity contribution in [2.45, 2.75) is 39.2 Å². The van der Waals surface area contributed by atoms with Crippen molar-refractivity contribution in [1.82, 2.24) is 5.32 Å². The average Bonchev–Trinajstić information content (AvgIpc) is 2.49. The van der Waals surface area contributed by atoms with E-state index in [1.54, 1.807) is 0 Å². The fraction of sp³-hybridized carbons (Fsp3) is 0.471. The van der Waals surface area contributed by atoms with Gasteiger partial charge >= 0.3 is 0 Å². The van der Waals surface area contributed by atoms with Crippen LogP contribution in [-0.4, -0.2) is 12.5 Å². The highest BCUT2D eigenvalue weighted by molar-refractivity contribution is 5.79. The second-order valence-corrected chi connectivity index (χ2v) is 5.21. The molecule has 20 heavy (non-hydrogen) atoms. The second kappa shape index (κ2) is 7.13. The van der Waals surface area contributed by atoms with E-state index in [1.807, 2.05) is 38.1 Å². The molecule has 0 heterocycles. The predicted molar refractivity (Wildman–Crippen MR) is 80.6 cm³/mol. The summed E-state index contributed by atoms with van der Waals surface area (Å²) in [5.74, 6) is 1.16. The van der Waals surface area contributed by atoms with Gasteiger partial charge in [-0.1, -0.05) is 24.3 Å². The third kappa shape index (κ3) is 3.86. The monoisotopic (exact) mass is 273 g/mol. The van der Waals surface area contributed by atoms with Gasteiger partial charge in [0.2, 0.25) is 5.91 Å².